The van der Waals surface area contributed by atoms with E-state index in [0.717, 1.165) is 23.8 Å². The molecule has 0 radical (unpaired) electrons. The van der Waals surface area contributed by atoms with E-state index in [0.29, 0.717) is 13.1 Å². The number of imidazole rings is 1. The predicted molar refractivity (Wildman–Crippen MR) is 68.1 cm³/mol. The Morgan fingerprint density at radius 3 is 2.61 bits per heavy atom. The van der Waals surface area contributed by atoms with Gasteiger partial charge in [-0.15, -0.1) is 0 Å². The van der Waals surface area contributed by atoms with Gasteiger partial charge in [-0.1, -0.05) is 0 Å². The lowest BCUT2D eigenvalue weighted by Crippen LogP contribution is -2.33. The van der Waals surface area contributed by atoms with Gasteiger partial charge in [0, 0.05) is 6.54 Å². The standard InChI is InChI=1S/C13H21N3O2/c1-6-16-9(2)14-10-7-15(8-11(10)16)12(17)18-13(3,4)5/h6-8H2,1-5H3. The summed E-state index contributed by atoms with van der Waals surface area (Å²) >= 11 is 0. The smallest absolute Gasteiger partial charge is 0.410 e. The first kappa shape index (κ1) is 12.9. The first-order valence-corrected chi connectivity index (χ1v) is 6.34. The molecule has 1 aromatic rings. The van der Waals surface area contributed by atoms with Gasteiger partial charge < -0.3 is 9.30 Å². The van der Waals surface area contributed by atoms with Crippen LogP contribution in [0.4, 0.5) is 4.79 Å². The highest BCUT2D eigenvalue weighted by Crippen LogP contribution is 2.25. The van der Waals surface area contributed by atoms with E-state index in [1.807, 2.05) is 27.7 Å². The van der Waals surface area contributed by atoms with Crippen molar-refractivity contribution in [3.8, 4) is 0 Å². The summed E-state index contributed by atoms with van der Waals surface area (Å²) in [7, 11) is 0. The number of ether oxygens (including phenoxy) is 1. The summed E-state index contributed by atoms with van der Waals surface area (Å²) in [5.74, 6) is 1.02. The molecule has 2 heterocycles. The molecule has 0 fully saturated rings. The molecule has 18 heavy (non-hydrogen) atoms. The van der Waals surface area contributed by atoms with E-state index in [1.54, 1.807) is 4.90 Å². The zero-order chi connectivity index (χ0) is 13.5. The number of aryl methyl sites for hydroxylation is 1. The number of hydrogen-bond donors (Lipinski definition) is 0. The van der Waals surface area contributed by atoms with E-state index in [2.05, 4.69) is 16.5 Å². The first-order chi connectivity index (χ1) is 8.31. The van der Waals surface area contributed by atoms with Crippen molar-refractivity contribution in [2.24, 2.45) is 0 Å². The first-order valence-electron chi connectivity index (χ1n) is 6.34. The third-order valence-corrected chi connectivity index (χ3v) is 3.00. The highest BCUT2D eigenvalue weighted by molar-refractivity contribution is 5.69. The van der Waals surface area contributed by atoms with Crippen molar-refractivity contribution in [2.45, 2.75) is 59.9 Å². The number of carbonyl (C=O) groups is 1. The fourth-order valence-corrected chi connectivity index (χ4v) is 2.27. The Balaban J connectivity index is 2.11. The maximum Gasteiger partial charge on any atom is 0.410 e. The molecule has 0 saturated heterocycles. The zero-order valence-electron chi connectivity index (χ0n) is 11.8. The molecular formula is C13H21N3O2. The third kappa shape index (κ3) is 2.35. The van der Waals surface area contributed by atoms with Crippen LogP contribution in [0.3, 0.4) is 0 Å². The van der Waals surface area contributed by atoms with Crippen LogP contribution in [0.1, 0.15) is 44.9 Å². The molecule has 0 aromatic carbocycles. The second-order valence-corrected chi connectivity index (χ2v) is 5.63. The lowest BCUT2D eigenvalue weighted by Gasteiger charge is -2.24. The van der Waals surface area contributed by atoms with Gasteiger partial charge >= 0.3 is 6.09 Å². The summed E-state index contributed by atoms with van der Waals surface area (Å²) in [6.07, 6.45) is -0.263. The van der Waals surface area contributed by atoms with Crippen LogP contribution in [0.25, 0.3) is 0 Å². The fourth-order valence-electron chi connectivity index (χ4n) is 2.27. The molecule has 1 aromatic heterocycles. The normalized spacial score (nSPS) is 14.8. The van der Waals surface area contributed by atoms with Gasteiger partial charge in [-0.05, 0) is 34.6 Å². The van der Waals surface area contributed by atoms with Crippen molar-refractivity contribution >= 4 is 6.09 Å². The summed E-state index contributed by atoms with van der Waals surface area (Å²) in [4.78, 5) is 18.2. The van der Waals surface area contributed by atoms with E-state index < -0.39 is 5.60 Å². The number of aromatic nitrogens is 2. The van der Waals surface area contributed by atoms with Crippen LogP contribution < -0.4 is 0 Å². The number of carbonyl (C=O) groups excluding carboxylic acids is 1. The Kier molecular flexibility index (Phi) is 3.09. The van der Waals surface area contributed by atoms with E-state index >= 15 is 0 Å². The van der Waals surface area contributed by atoms with Crippen LogP contribution in [0, 0.1) is 6.92 Å². The molecule has 0 aliphatic carbocycles. The average molecular weight is 251 g/mol. The molecule has 100 valence electrons. The van der Waals surface area contributed by atoms with Crippen molar-refractivity contribution in [3.05, 3.63) is 17.2 Å². The molecule has 0 saturated carbocycles. The number of hydrogen-bond acceptors (Lipinski definition) is 3. The molecule has 2 rings (SSSR count). The van der Waals surface area contributed by atoms with E-state index in [9.17, 15) is 4.79 Å². The highest BCUT2D eigenvalue weighted by atomic mass is 16.6. The van der Waals surface area contributed by atoms with Gasteiger partial charge in [-0.3, -0.25) is 4.90 Å². The summed E-state index contributed by atoms with van der Waals surface area (Å²) < 4.78 is 7.53. The SMILES string of the molecule is CCn1c(C)nc2c1CN(C(=O)OC(C)(C)C)C2. The minimum Gasteiger partial charge on any atom is -0.444 e. The van der Waals surface area contributed by atoms with Gasteiger partial charge in [-0.25, -0.2) is 9.78 Å². The predicted octanol–water partition coefficient (Wildman–Crippen LogP) is 2.46. The number of rotatable bonds is 1. The van der Waals surface area contributed by atoms with Crippen molar-refractivity contribution < 1.29 is 9.53 Å². The number of nitrogens with zero attached hydrogens (tertiary/aromatic N) is 3. The second kappa shape index (κ2) is 4.30. The summed E-state index contributed by atoms with van der Waals surface area (Å²) in [5.41, 5.74) is 1.69. The molecule has 0 N–H and O–H groups in total. The fraction of sp³-hybridized carbons (Fsp3) is 0.692. The topological polar surface area (TPSA) is 47.4 Å². The van der Waals surface area contributed by atoms with Crippen LogP contribution in [0.15, 0.2) is 0 Å². The molecule has 5 heteroatoms. The molecule has 1 amide bonds. The largest absolute Gasteiger partial charge is 0.444 e. The Morgan fingerprint density at radius 1 is 1.39 bits per heavy atom. The van der Waals surface area contributed by atoms with Crippen molar-refractivity contribution in [2.75, 3.05) is 0 Å². The van der Waals surface area contributed by atoms with E-state index in [4.69, 9.17) is 4.74 Å². The maximum absolute atomic E-state index is 12.0. The molecule has 1 aliphatic rings. The highest BCUT2D eigenvalue weighted by Gasteiger charge is 2.31. The van der Waals surface area contributed by atoms with Crippen molar-refractivity contribution in [1.82, 2.24) is 14.5 Å². The quantitative estimate of drug-likeness (QED) is 0.770. The van der Waals surface area contributed by atoms with Crippen molar-refractivity contribution in [3.63, 3.8) is 0 Å². The van der Waals surface area contributed by atoms with Crippen LogP contribution in [-0.2, 0) is 24.4 Å². The maximum atomic E-state index is 12.0. The van der Waals surface area contributed by atoms with E-state index in [1.165, 1.54) is 0 Å². The Morgan fingerprint density at radius 2 is 2.06 bits per heavy atom. The van der Waals surface area contributed by atoms with Crippen LogP contribution in [-0.4, -0.2) is 26.1 Å². The lowest BCUT2D eigenvalue weighted by atomic mass is 10.2. The molecule has 5 nitrogen and oxygen atoms in total. The third-order valence-electron chi connectivity index (χ3n) is 3.00. The summed E-state index contributed by atoms with van der Waals surface area (Å²) in [5, 5.41) is 0. The Bertz CT molecular complexity index is 471. The van der Waals surface area contributed by atoms with Gasteiger partial charge in [0.1, 0.15) is 11.4 Å². The van der Waals surface area contributed by atoms with Crippen molar-refractivity contribution in [1.29, 1.82) is 0 Å². The number of fused-ring (bicyclic) bond motifs is 1. The zero-order valence-corrected chi connectivity index (χ0v) is 11.8. The molecule has 0 spiro atoms. The molecule has 0 unspecified atom stereocenters. The minimum atomic E-state index is -0.451. The monoisotopic (exact) mass is 251 g/mol. The average Bonchev–Trinajstić information content (AvgIpc) is 2.71. The molecule has 1 aliphatic heterocycles. The van der Waals surface area contributed by atoms with E-state index in [-0.39, 0.29) is 6.09 Å². The minimum absolute atomic E-state index is 0.263. The van der Waals surface area contributed by atoms with Gasteiger partial charge in [-0.2, -0.15) is 0 Å². The summed E-state index contributed by atoms with van der Waals surface area (Å²) in [6, 6.07) is 0. The van der Waals surface area contributed by atoms with Gasteiger partial charge in [0.2, 0.25) is 0 Å². The number of amides is 1. The van der Waals surface area contributed by atoms with Crippen LogP contribution in [0.2, 0.25) is 0 Å². The van der Waals surface area contributed by atoms with Crippen LogP contribution in [0.5, 0.6) is 0 Å². The Labute approximate surface area is 108 Å². The van der Waals surface area contributed by atoms with Crippen LogP contribution >= 0.6 is 0 Å². The summed E-state index contributed by atoms with van der Waals surface area (Å²) in [6.45, 7) is 11.8. The van der Waals surface area contributed by atoms with Gasteiger partial charge in [0.15, 0.2) is 0 Å². The molecule has 0 bridgehead atoms. The van der Waals surface area contributed by atoms with Gasteiger partial charge in [0.05, 0.1) is 24.5 Å². The molecule has 0 atom stereocenters. The Hall–Kier alpha value is -1.52. The molecular weight excluding hydrogens is 230 g/mol. The van der Waals surface area contributed by atoms with Gasteiger partial charge in [0.25, 0.3) is 0 Å². The second-order valence-electron chi connectivity index (χ2n) is 5.63. The lowest BCUT2D eigenvalue weighted by molar-refractivity contribution is 0.0237.